The summed E-state index contributed by atoms with van der Waals surface area (Å²) in [5.41, 5.74) is -0.127. The highest BCUT2D eigenvalue weighted by molar-refractivity contribution is 6.35. The first-order valence-electron chi connectivity index (χ1n) is 6.05. The number of nitro benzene ring substituents is 1. The van der Waals surface area contributed by atoms with E-state index in [-0.39, 0.29) is 22.2 Å². The predicted octanol–water partition coefficient (Wildman–Crippen LogP) is 3.27. The topological polar surface area (TPSA) is 72.2 Å². The molecule has 1 N–H and O–H groups in total. The third kappa shape index (κ3) is 3.92. The largest absolute Gasteiger partial charge is 0.352 e. The van der Waals surface area contributed by atoms with Crippen LogP contribution in [0.5, 0.6) is 0 Å². The molecule has 0 aliphatic rings. The van der Waals surface area contributed by atoms with E-state index in [1.165, 1.54) is 18.2 Å². The van der Waals surface area contributed by atoms with Gasteiger partial charge in [-0.05, 0) is 17.9 Å². The monoisotopic (exact) mass is 284 g/mol. The number of hydrogen-bond acceptors (Lipinski definition) is 3. The summed E-state index contributed by atoms with van der Waals surface area (Å²) in [6, 6.07) is 4.20. The summed E-state index contributed by atoms with van der Waals surface area (Å²) in [7, 11) is 0. The zero-order valence-corrected chi connectivity index (χ0v) is 11.9. The summed E-state index contributed by atoms with van der Waals surface area (Å²) < 4.78 is 0. The van der Waals surface area contributed by atoms with Crippen LogP contribution in [0.2, 0.25) is 5.02 Å². The molecule has 0 aromatic heterocycles. The number of carbonyl (C=O) groups is 1. The SMILES string of the molecule is CC(C)C(C)CNC(=O)c1cccc([N+](=O)[O-])c1Cl. The van der Waals surface area contributed by atoms with Crippen molar-refractivity contribution in [3.8, 4) is 0 Å². The molecule has 0 bridgehead atoms. The van der Waals surface area contributed by atoms with E-state index in [2.05, 4.69) is 19.2 Å². The van der Waals surface area contributed by atoms with Crippen LogP contribution in [0.25, 0.3) is 0 Å². The molecule has 0 saturated heterocycles. The molecular formula is C13H17ClN2O3. The molecule has 1 rings (SSSR count). The van der Waals surface area contributed by atoms with E-state index >= 15 is 0 Å². The van der Waals surface area contributed by atoms with Crippen LogP contribution in [-0.4, -0.2) is 17.4 Å². The van der Waals surface area contributed by atoms with Gasteiger partial charge in [0.05, 0.1) is 10.5 Å². The molecule has 0 saturated carbocycles. The van der Waals surface area contributed by atoms with Crippen LogP contribution in [0, 0.1) is 22.0 Å². The van der Waals surface area contributed by atoms with Crippen LogP contribution < -0.4 is 5.32 Å². The third-order valence-electron chi connectivity index (χ3n) is 3.14. The predicted molar refractivity (Wildman–Crippen MR) is 74.4 cm³/mol. The Kier molecular flexibility index (Phi) is 5.30. The molecule has 19 heavy (non-hydrogen) atoms. The molecule has 104 valence electrons. The van der Waals surface area contributed by atoms with Gasteiger partial charge in [0.1, 0.15) is 5.02 Å². The fourth-order valence-corrected chi connectivity index (χ4v) is 1.70. The minimum atomic E-state index is -0.601. The lowest BCUT2D eigenvalue weighted by atomic mass is 9.98. The molecule has 1 aromatic rings. The van der Waals surface area contributed by atoms with Gasteiger partial charge >= 0.3 is 0 Å². The Hall–Kier alpha value is -1.62. The minimum absolute atomic E-state index is 0.123. The molecule has 5 nitrogen and oxygen atoms in total. The third-order valence-corrected chi connectivity index (χ3v) is 3.54. The molecular weight excluding hydrogens is 268 g/mol. The number of carbonyl (C=O) groups excluding carboxylic acids is 1. The Labute approximate surface area is 117 Å². The van der Waals surface area contributed by atoms with E-state index in [4.69, 9.17) is 11.6 Å². The van der Waals surface area contributed by atoms with Gasteiger partial charge in [-0.3, -0.25) is 14.9 Å². The standard InChI is InChI=1S/C13H17ClN2O3/c1-8(2)9(3)7-15-13(17)10-5-4-6-11(12(10)14)16(18)19/h4-6,8-9H,7H2,1-3H3,(H,15,17). The first kappa shape index (κ1) is 15.4. The molecule has 1 atom stereocenters. The van der Waals surface area contributed by atoms with Crippen LogP contribution in [0.15, 0.2) is 18.2 Å². The van der Waals surface area contributed by atoms with Gasteiger partial charge in [0.25, 0.3) is 11.6 Å². The smallest absolute Gasteiger partial charge is 0.288 e. The van der Waals surface area contributed by atoms with Crippen molar-refractivity contribution in [3.63, 3.8) is 0 Å². The molecule has 6 heteroatoms. The van der Waals surface area contributed by atoms with E-state index in [0.717, 1.165) is 0 Å². The summed E-state index contributed by atoms with van der Waals surface area (Å²) in [6.45, 7) is 6.67. The summed E-state index contributed by atoms with van der Waals surface area (Å²) >= 11 is 5.87. The van der Waals surface area contributed by atoms with Gasteiger partial charge in [0, 0.05) is 12.6 Å². The second kappa shape index (κ2) is 6.52. The molecule has 0 spiro atoms. The van der Waals surface area contributed by atoms with Gasteiger partial charge < -0.3 is 5.32 Å². The summed E-state index contributed by atoms with van der Waals surface area (Å²) in [6.07, 6.45) is 0. The van der Waals surface area contributed by atoms with E-state index in [0.29, 0.717) is 18.4 Å². The van der Waals surface area contributed by atoms with Crippen LogP contribution in [-0.2, 0) is 0 Å². The van der Waals surface area contributed by atoms with E-state index in [9.17, 15) is 14.9 Å². The van der Waals surface area contributed by atoms with Crippen molar-refractivity contribution < 1.29 is 9.72 Å². The maximum Gasteiger partial charge on any atom is 0.288 e. The van der Waals surface area contributed by atoms with E-state index in [1.807, 2.05) is 6.92 Å². The fraction of sp³-hybridized carbons (Fsp3) is 0.462. The van der Waals surface area contributed by atoms with Crippen molar-refractivity contribution in [2.24, 2.45) is 11.8 Å². The number of hydrogen-bond donors (Lipinski definition) is 1. The average molecular weight is 285 g/mol. The Morgan fingerprint density at radius 3 is 2.58 bits per heavy atom. The molecule has 0 fully saturated rings. The van der Waals surface area contributed by atoms with Gasteiger partial charge in [-0.2, -0.15) is 0 Å². The summed E-state index contributed by atoms with van der Waals surface area (Å²) in [4.78, 5) is 22.1. The van der Waals surface area contributed by atoms with Crippen molar-refractivity contribution in [2.45, 2.75) is 20.8 Å². The number of nitrogens with one attached hydrogen (secondary N) is 1. The summed E-state index contributed by atoms with van der Waals surface area (Å²) in [5.74, 6) is 0.378. The van der Waals surface area contributed by atoms with Crippen LogP contribution in [0.1, 0.15) is 31.1 Å². The second-order valence-electron chi connectivity index (χ2n) is 4.83. The molecule has 0 aliphatic carbocycles. The maximum atomic E-state index is 11.9. The molecule has 1 unspecified atom stereocenters. The second-order valence-corrected chi connectivity index (χ2v) is 5.21. The zero-order chi connectivity index (χ0) is 14.6. The quantitative estimate of drug-likeness (QED) is 0.666. The van der Waals surface area contributed by atoms with Gasteiger partial charge in [-0.15, -0.1) is 0 Å². The van der Waals surface area contributed by atoms with Crippen molar-refractivity contribution in [1.29, 1.82) is 0 Å². The molecule has 0 radical (unpaired) electrons. The van der Waals surface area contributed by atoms with Crippen molar-refractivity contribution >= 4 is 23.2 Å². The van der Waals surface area contributed by atoms with Crippen LogP contribution in [0.3, 0.4) is 0 Å². The molecule has 0 aliphatic heterocycles. The normalized spacial score (nSPS) is 12.3. The van der Waals surface area contributed by atoms with E-state index in [1.54, 1.807) is 0 Å². The van der Waals surface area contributed by atoms with Gasteiger partial charge in [0.2, 0.25) is 0 Å². The Balaban J connectivity index is 2.83. The number of nitro groups is 1. The molecule has 0 heterocycles. The highest BCUT2D eigenvalue weighted by atomic mass is 35.5. The lowest BCUT2D eigenvalue weighted by Gasteiger charge is -2.16. The molecule has 1 aromatic carbocycles. The average Bonchev–Trinajstić information content (AvgIpc) is 2.35. The van der Waals surface area contributed by atoms with Gasteiger partial charge in [-0.25, -0.2) is 0 Å². The van der Waals surface area contributed by atoms with Gasteiger partial charge in [0.15, 0.2) is 0 Å². The summed E-state index contributed by atoms with van der Waals surface area (Å²) in [5, 5.41) is 13.4. The number of nitrogens with zero attached hydrogens (tertiary/aromatic N) is 1. The number of benzene rings is 1. The van der Waals surface area contributed by atoms with Crippen molar-refractivity contribution in [1.82, 2.24) is 5.32 Å². The lowest BCUT2D eigenvalue weighted by Crippen LogP contribution is -2.30. The lowest BCUT2D eigenvalue weighted by molar-refractivity contribution is -0.384. The Morgan fingerprint density at radius 1 is 1.42 bits per heavy atom. The first-order valence-corrected chi connectivity index (χ1v) is 6.43. The highest BCUT2D eigenvalue weighted by Gasteiger charge is 2.20. The first-order chi connectivity index (χ1) is 8.84. The number of rotatable bonds is 5. The maximum absolute atomic E-state index is 11.9. The van der Waals surface area contributed by atoms with Crippen molar-refractivity contribution in [2.75, 3.05) is 6.54 Å². The Bertz CT molecular complexity index is 489. The van der Waals surface area contributed by atoms with Crippen LogP contribution >= 0.6 is 11.6 Å². The minimum Gasteiger partial charge on any atom is -0.352 e. The zero-order valence-electron chi connectivity index (χ0n) is 11.1. The number of amides is 1. The van der Waals surface area contributed by atoms with E-state index < -0.39 is 4.92 Å². The van der Waals surface area contributed by atoms with Crippen LogP contribution in [0.4, 0.5) is 5.69 Å². The fourth-order valence-electron chi connectivity index (χ4n) is 1.42. The number of halogens is 1. The van der Waals surface area contributed by atoms with Crippen molar-refractivity contribution in [3.05, 3.63) is 38.9 Å². The molecule has 1 amide bonds. The Morgan fingerprint density at radius 2 is 2.05 bits per heavy atom. The van der Waals surface area contributed by atoms with Gasteiger partial charge in [-0.1, -0.05) is 38.4 Å². The highest BCUT2D eigenvalue weighted by Crippen LogP contribution is 2.27.